The number of rotatable bonds is 3. The minimum atomic E-state index is -3.02. The summed E-state index contributed by atoms with van der Waals surface area (Å²) in [5.41, 5.74) is 1.39. The van der Waals surface area contributed by atoms with Crippen molar-refractivity contribution >= 4 is 29.1 Å². The molecule has 5 atom stereocenters. The third-order valence-electron chi connectivity index (χ3n) is 7.72. The number of likely N-dealkylation sites (N-methyl/N-ethyl adjacent to an activating group) is 1. The van der Waals surface area contributed by atoms with Crippen molar-refractivity contribution in [3.05, 3.63) is 87.6 Å². The van der Waals surface area contributed by atoms with Gasteiger partial charge in [0.05, 0.1) is 29.2 Å². The highest BCUT2D eigenvalue weighted by molar-refractivity contribution is 6.25. The number of phenols is 1. The molecule has 0 saturated carbocycles. The van der Waals surface area contributed by atoms with Gasteiger partial charge in [-0.25, -0.2) is 4.39 Å². The van der Waals surface area contributed by atoms with E-state index in [0.717, 1.165) is 0 Å². The average Bonchev–Trinajstić information content (AvgIpc) is 2.86. The van der Waals surface area contributed by atoms with Crippen molar-refractivity contribution in [1.29, 1.82) is 0 Å². The molecule has 0 radical (unpaired) electrons. The van der Waals surface area contributed by atoms with Crippen LogP contribution in [-0.2, 0) is 9.59 Å². The number of nitrogens with zero attached hydrogens (tertiary/aromatic N) is 1. The Morgan fingerprint density at radius 2 is 1.72 bits per heavy atom. The molecule has 0 saturated heterocycles. The molecule has 10 nitrogen and oxygen atoms in total. The topological polar surface area (TPSA) is 182 Å². The van der Waals surface area contributed by atoms with Gasteiger partial charge in [-0.3, -0.25) is 19.3 Å². The van der Waals surface area contributed by atoms with Gasteiger partial charge in [-0.1, -0.05) is 30.3 Å². The van der Waals surface area contributed by atoms with Crippen molar-refractivity contribution in [2.24, 2.45) is 17.6 Å². The number of primary amides is 1. The summed E-state index contributed by atoms with van der Waals surface area (Å²) in [5, 5.41) is 56.6. The minimum Gasteiger partial charge on any atom is -0.510 e. The molecule has 2 aromatic carbocycles. The third-order valence-corrected chi connectivity index (χ3v) is 7.72. The summed E-state index contributed by atoms with van der Waals surface area (Å²) in [4.78, 5) is 40.7. The van der Waals surface area contributed by atoms with E-state index in [2.05, 4.69) is 0 Å². The summed E-state index contributed by atoms with van der Waals surface area (Å²) in [6.45, 7) is 0. The number of aromatic hydroxyl groups is 1. The molecule has 5 rings (SSSR count). The van der Waals surface area contributed by atoms with E-state index in [1.165, 1.54) is 67.5 Å². The fourth-order valence-electron chi connectivity index (χ4n) is 6.05. The number of nitrogens with two attached hydrogens (primary N) is 1. The van der Waals surface area contributed by atoms with E-state index in [1.807, 2.05) is 0 Å². The van der Waals surface area contributed by atoms with Crippen LogP contribution in [0.3, 0.4) is 0 Å². The molecule has 7 N–H and O–H groups in total. The highest BCUT2D eigenvalue weighted by atomic mass is 19.1. The Morgan fingerprint density at radius 1 is 1.08 bits per heavy atom. The molecule has 0 fully saturated rings. The van der Waals surface area contributed by atoms with Crippen molar-refractivity contribution in [2.75, 3.05) is 14.1 Å². The largest absolute Gasteiger partial charge is 0.510 e. The minimum absolute atomic E-state index is 0.205. The van der Waals surface area contributed by atoms with Gasteiger partial charge in [0.25, 0.3) is 5.91 Å². The van der Waals surface area contributed by atoms with Crippen LogP contribution in [0.4, 0.5) is 4.39 Å². The molecule has 5 unspecified atom stereocenters. The van der Waals surface area contributed by atoms with Gasteiger partial charge < -0.3 is 31.3 Å². The zero-order valence-electron chi connectivity index (χ0n) is 20.8. The number of aliphatic hydroxyl groups excluding tert-OH is 3. The smallest absolute Gasteiger partial charge is 0.255 e. The highest BCUT2D eigenvalue weighted by Crippen LogP contribution is 2.55. The van der Waals surface area contributed by atoms with Crippen molar-refractivity contribution in [3.63, 3.8) is 0 Å². The molecule has 2 aromatic rings. The molecule has 3 aliphatic rings. The summed E-state index contributed by atoms with van der Waals surface area (Å²) in [7, 11) is 2.90. The summed E-state index contributed by atoms with van der Waals surface area (Å²) in [5.74, 6) is -9.72. The number of halogens is 1. The Bertz CT molecular complexity index is 1540. The molecule has 0 aromatic heterocycles. The number of hydrogen-bond donors (Lipinski definition) is 6. The number of Topliss-reactive ketones (excluding diaryl/α,β-unsaturated/α-hetero) is 2. The van der Waals surface area contributed by atoms with Crippen molar-refractivity contribution in [1.82, 2.24) is 4.90 Å². The molecule has 0 aliphatic heterocycles. The van der Waals surface area contributed by atoms with Crippen molar-refractivity contribution < 1.29 is 44.3 Å². The second kappa shape index (κ2) is 8.87. The van der Waals surface area contributed by atoms with Gasteiger partial charge in [0.15, 0.2) is 11.4 Å². The SMILES string of the molecule is CN(C)C1C(O)=C(C(N)=O)C(=O)C2(O)C(O)=C3C(=O)c4c(O)cccc4/C(=C\c4ccc(F)cc4)C3C(O)C12. The van der Waals surface area contributed by atoms with E-state index in [0.29, 0.717) is 5.56 Å². The van der Waals surface area contributed by atoms with Crippen LogP contribution in [0.2, 0.25) is 0 Å². The lowest BCUT2D eigenvalue weighted by molar-refractivity contribution is -0.159. The summed E-state index contributed by atoms with van der Waals surface area (Å²) in [6.07, 6.45) is -0.268. The molecular weight excluding hydrogens is 511 g/mol. The molecule has 3 aliphatic carbocycles. The number of hydrogen-bond acceptors (Lipinski definition) is 9. The highest BCUT2D eigenvalue weighted by Gasteiger charge is 2.67. The monoisotopic (exact) mass is 536 g/mol. The first-order valence-electron chi connectivity index (χ1n) is 11.9. The fourth-order valence-corrected chi connectivity index (χ4v) is 6.05. The maximum absolute atomic E-state index is 13.7. The molecule has 0 bridgehead atoms. The first-order valence-corrected chi connectivity index (χ1v) is 11.9. The van der Waals surface area contributed by atoms with Gasteiger partial charge >= 0.3 is 0 Å². The average molecular weight is 537 g/mol. The van der Waals surface area contributed by atoms with Gasteiger partial charge in [0.2, 0.25) is 5.78 Å². The standard InChI is InChI=1S/C28H25FN2O8/c1-31(2)21-20-23(34)17-14(10-11-6-8-12(29)9-7-11)13-4-3-5-15(32)16(13)22(33)18(17)25(36)28(20,39)26(37)19(24(21)35)27(30)38/h3-10,17,20-21,23,32,34-36,39H,1-2H3,(H2,30,38)/b14-10+. The molecule has 202 valence electrons. The second-order valence-corrected chi connectivity index (χ2v) is 10.1. The molecule has 1 amide bonds. The summed E-state index contributed by atoms with van der Waals surface area (Å²) in [6, 6.07) is 8.12. The number of ketones is 2. The van der Waals surface area contributed by atoms with Gasteiger partial charge in [0.1, 0.15) is 28.7 Å². The van der Waals surface area contributed by atoms with E-state index in [-0.39, 0.29) is 16.7 Å². The van der Waals surface area contributed by atoms with E-state index in [4.69, 9.17) is 5.73 Å². The summed E-state index contributed by atoms with van der Waals surface area (Å²) >= 11 is 0. The number of carbonyl (C=O) groups excluding carboxylic acids is 3. The van der Waals surface area contributed by atoms with E-state index in [9.17, 15) is 44.3 Å². The molecule has 0 heterocycles. The molecule has 0 spiro atoms. The zero-order valence-corrected chi connectivity index (χ0v) is 20.8. The predicted octanol–water partition coefficient (Wildman–Crippen LogP) is 1.23. The lowest BCUT2D eigenvalue weighted by Crippen LogP contribution is -2.68. The maximum Gasteiger partial charge on any atom is 0.255 e. The number of benzene rings is 2. The van der Waals surface area contributed by atoms with E-state index >= 15 is 0 Å². The number of fused-ring (bicyclic) bond motifs is 3. The second-order valence-electron chi connectivity index (χ2n) is 10.1. The first-order chi connectivity index (χ1) is 18.3. The van der Waals surface area contributed by atoms with Crippen LogP contribution in [0, 0.1) is 17.7 Å². The van der Waals surface area contributed by atoms with Crippen LogP contribution >= 0.6 is 0 Å². The van der Waals surface area contributed by atoms with Crippen LogP contribution in [0.1, 0.15) is 21.5 Å². The fraction of sp³-hybridized carbons (Fsp3) is 0.250. The Labute approximate surface area is 221 Å². The van der Waals surface area contributed by atoms with Crippen molar-refractivity contribution in [2.45, 2.75) is 17.7 Å². The Morgan fingerprint density at radius 3 is 2.31 bits per heavy atom. The number of carbonyl (C=O) groups is 3. The normalized spacial score (nSPS) is 29.4. The van der Waals surface area contributed by atoms with Crippen LogP contribution in [-0.4, -0.2) is 79.7 Å². The van der Waals surface area contributed by atoms with Crippen LogP contribution < -0.4 is 5.73 Å². The Kier molecular flexibility index (Phi) is 5.98. The molecular formula is C28H25FN2O8. The van der Waals surface area contributed by atoms with Crippen LogP contribution in [0.5, 0.6) is 5.75 Å². The number of amides is 1. The Hall–Kier alpha value is -4.32. The van der Waals surface area contributed by atoms with Gasteiger partial charge in [-0.05, 0) is 49.0 Å². The van der Waals surface area contributed by atoms with Gasteiger partial charge in [0, 0.05) is 5.92 Å². The third kappa shape index (κ3) is 3.54. The van der Waals surface area contributed by atoms with Gasteiger partial charge in [-0.15, -0.1) is 0 Å². The lowest BCUT2D eigenvalue weighted by atomic mass is 9.56. The molecule has 11 heteroatoms. The first kappa shape index (κ1) is 26.3. The van der Waals surface area contributed by atoms with Crippen molar-refractivity contribution in [3.8, 4) is 5.75 Å². The Balaban J connectivity index is 1.86. The molecule has 39 heavy (non-hydrogen) atoms. The number of phenolic OH excluding ortho intramolecular Hbond substituents is 1. The van der Waals surface area contributed by atoms with E-state index < -0.39 is 81.3 Å². The summed E-state index contributed by atoms with van der Waals surface area (Å²) < 4.78 is 13.6. The van der Waals surface area contributed by atoms with Crippen LogP contribution in [0.15, 0.2) is 65.1 Å². The zero-order chi connectivity index (χ0) is 28.5. The van der Waals surface area contributed by atoms with Gasteiger partial charge in [-0.2, -0.15) is 0 Å². The quantitative estimate of drug-likeness (QED) is 0.314. The number of aliphatic hydroxyl groups is 4. The maximum atomic E-state index is 13.7. The predicted molar refractivity (Wildman–Crippen MR) is 136 cm³/mol. The van der Waals surface area contributed by atoms with E-state index in [1.54, 1.807) is 0 Å². The van der Waals surface area contributed by atoms with Crippen LogP contribution in [0.25, 0.3) is 11.6 Å². The lowest BCUT2D eigenvalue weighted by Gasteiger charge is -2.52.